The van der Waals surface area contributed by atoms with Crippen LogP contribution in [0.25, 0.3) is 50.6 Å². The summed E-state index contributed by atoms with van der Waals surface area (Å²) in [7, 11) is 0. The van der Waals surface area contributed by atoms with Crippen molar-refractivity contribution in [3.63, 3.8) is 0 Å². The number of furan rings is 1. The van der Waals surface area contributed by atoms with Crippen LogP contribution in [0.3, 0.4) is 0 Å². The Morgan fingerprint density at radius 2 is 1.48 bits per heavy atom. The molecule has 4 nitrogen and oxygen atoms in total. The van der Waals surface area contributed by atoms with E-state index in [1.807, 2.05) is 30.3 Å². The van der Waals surface area contributed by atoms with E-state index in [4.69, 9.17) is 19.4 Å². The minimum Gasteiger partial charge on any atom is -0.456 e. The lowest BCUT2D eigenvalue weighted by atomic mass is 9.62. The van der Waals surface area contributed by atoms with Gasteiger partial charge in [0.1, 0.15) is 17.2 Å². The molecule has 2 aromatic heterocycles. The molecule has 4 aromatic carbocycles. The molecule has 0 saturated carbocycles. The Hall–Kier alpha value is -5.09. The first kappa shape index (κ1) is 24.7. The van der Waals surface area contributed by atoms with E-state index in [-0.39, 0.29) is 5.92 Å². The molecule has 2 aliphatic rings. The summed E-state index contributed by atoms with van der Waals surface area (Å²) in [6.07, 6.45) is 14.3. The van der Waals surface area contributed by atoms with E-state index in [0.717, 1.165) is 51.1 Å². The van der Waals surface area contributed by atoms with E-state index < -0.39 is 5.41 Å². The van der Waals surface area contributed by atoms with Crippen molar-refractivity contribution in [1.29, 1.82) is 0 Å². The van der Waals surface area contributed by atoms with Crippen LogP contribution in [0.2, 0.25) is 0 Å². The summed E-state index contributed by atoms with van der Waals surface area (Å²) < 4.78 is 6.43. The maximum atomic E-state index is 6.43. The number of rotatable bonds is 4. The van der Waals surface area contributed by atoms with Gasteiger partial charge in [0.25, 0.3) is 0 Å². The monoisotopic (exact) mass is 543 g/mol. The molecule has 0 amide bonds. The number of allylic oxidation sites excluding steroid dienone is 5. The van der Waals surface area contributed by atoms with Crippen molar-refractivity contribution in [2.24, 2.45) is 11.8 Å². The highest BCUT2D eigenvalue weighted by molar-refractivity contribution is 5.88. The molecule has 42 heavy (non-hydrogen) atoms. The Morgan fingerprint density at radius 3 is 2.31 bits per heavy atom. The van der Waals surface area contributed by atoms with Crippen molar-refractivity contribution < 1.29 is 4.42 Å². The standard InChI is InChI=1S/C38H29N3O/c1-38(31(26-13-4-2-5-14-26)22-23-33-34(38)30-18-10-11-19-32(30)42-33)37-40-35(27-15-6-3-7-16-27)39-36(41-37)29-21-20-25-12-8-9-17-28(25)24-29/h2-13,15-24,26,31H,14H2,1H3. The Bertz CT molecular complexity index is 2050. The normalized spacial score (nSPS) is 21.2. The van der Waals surface area contributed by atoms with Crippen molar-refractivity contribution in [3.05, 3.63) is 145 Å². The zero-order chi connectivity index (χ0) is 28.1. The van der Waals surface area contributed by atoms with E-state index in [1.165, 1.54) is 5.39 Å². The molecule has 8 rings (SSSR count). The van der Waals surface area contributed by atoms with Crippen molar-refractivity contribution in [3.8, 4) is 22.8 Å². The Morgan fingerprint density at radius 1 is 0.714 bits per heavy atom. The van der Waals surface area contributed by atoms with Crippen molar-refractivity contribution in [2.45, 2.75) is 18.8 Å². The SMILES string of the molecule is CC1(c2nc(-c3ccccc3)nc(-c3ccc4ccccc4c3)n2)c2c(oc3ccccc23)C=CC1C1C=CC=CC1. The smallest absolute Gasteiger partial charge is 0.163 e. The summed E-state index contributed by atoms with van der Waals surface area (Å²) in [6.45, 7) is 2.29. The van der Waals surface area contributed by atoms with Crippen LogP contribution in [-0.2, 0) is 5.41 Å². The number of fused-ring (bicyclic) bond motifs is 4. The average molecular weight is 544 g/mol. The first-order chi connectivity index (χ1) is 20.7. The van der Waals surface area contributed by atoms with Gasteiger partial charge in [0.2, 0.25) is 0 Å². The van der Waals surface area contributed by atoms with Gasteiger partial charge in [0.05, 0.1) is 5.41 Å². The number of benzene rings is 4. The molecule has 0 spiro atoms. The fraction of sp³-hybridized carbons (Fsp3) is 0.132. The molecule has 3 atom stereocenters. The van der Waals surface area contributed by atoms with E-state index in [2.05, 4.69) is 110 Å². The summed E-state index contributed by atoms with van der Waals surface area (Å²) in [5.74, 6) is 3.38. The molecule has 0 bridgehead atoms. The van der Waals surface area contributed by atoms with E-state index in [0.29, 0.717) is 17.6 Å². The third-order valence-electron chi connectivity index (χ3n) is 8.88. The van der Waals surface area contributed by atoms with Crippen LogP contribution in [0.5, 0.6) is 0 Å². The predicted molar refractivity (Wildman–Crippen MR) is 170 cm³/mol. The van der Waals surface area contributed by atoms with Crippen molar-refractivity contribution >= 4 is 27.8 Å². The van der Waals surface area contributed by atoms with Gasteiger partial charge >= 0.3 is 0 Å². The fourth-order valence-electron chi connectivity index (χ4n) is 6.75. The lowest BCUT2D eigenvalue weighted by Gasteiger charge is -2.41. The van der Waals surface area contributed by atoms with Crippen molar-refractivity contribution in [1.82, 2.24) is 15.0 Å². The van der Waals surface area contributed by atoms with Gasteiger partial charge in [-0.25, -0.2) is 15.0 Å². The summed E-state index contributed by atoms with van der Waals surface area (Å²) in [5, 5.41) is 3.45. The minimum absolute atomic E-state index is 0.114. The van der Waals surface area contributed by atoms with Gasteiger partial charge in [-0.3, -0.25) is 0 Å². The van der Waals surface area contributed by atoms with Gasteiger partial charge in [0.15, 0.2) is 11.6 Å². The largest absolute Gasteiger partial charge is 0.456 e. The average Bonchev–Trinajstić information content (AvgIpc) is 3.45. The van der Waals surface area contributed by atoms with Gasteiger partial charge in [-0.2, -0.15) is 0 Å². The van der Waals surface area contributed by atoms with Gasteiger partial charge in [0, 0.05) is 28.0 Å². The number of aromatic nitrogens is 3. The molecule has 0 radical (unpaired) electrons. The second-order valence-corrected chi connectivity index (χ2v) is 11.4. The topological polar surface area (TPSA) is 51.8 Å². The van der Waals surface area contributed by atoms with Gasteiger partial charge in [-0.1, -0.05) is 115 Å². The second-order valence-electron chi connectivity index (χ2n) is 11.4. The highest BCUT2D eigenvalue weighted by Gasteiger charge is 2.48. The number of hydrogen-bond acceptors (Lipinski definition) is 4. The molecule has 2 aliphatic carbocycles. The molecule has 0 aliphatic heterocycles. The highest BCUT2D eigenvalue weighted by atomic mass is 16.3. The van der Waals surface area contributed by atoms with Gasteiger partial charge in [-0.15, -0.1) is 0 Å². The quantitative estimate of drug-likeness (QED) is 0.222. The summed E-state index contributed by atoms with van der Waals surface area (Å²) in [5.41, 5.74) is 3.38. The third kappa shape index (κ3) is 3.94. The lowest BCUT2D eigenvalue weighted by Crippen LogP contribution is -2.40. The minimum atomic E-state index is -0.574. The molecule has 0 saturated heterocycles. The van der Waals surface area contributed by atoms with E-state index in [9.17, 15) is 0 Å². The summed E-state index contributed by atoms with van der Waals surface area (Å²) in [4.78, 5) is 15.7. The van der Waals surface area contributed by atoms with E-state index in [1.54, 1.807) is 0 Å². The molecule has 0 N–H and O–H groups in total. The molecular formula is C38H29N3O. The molecule has 2 heterocycles. The van der Waals surface area contributed by atoms with Crippen LogP contribution in [0.4, 0.5) is 0 Å². The maximum absolute atomic E-state index is 6.43. The zero-order valence-corrected chi connectivity index (χ0v) is 23.3. The number of para-hydroxylation sites is 1. The molecule has 6 aromatic rings. The second kappa shape index (κ2) is 9.78. The van der Waals surface area contributed by atoms with Crippen LogP contribution in [0.15, 0.2) is 132 Å². The Labute approximate surface area is 244 Å². The maximum Gasteiger partial charge on any atom is 0.163 e. The van der Waals surface area contributed by atoms with Gasteiger partial charge < -0.3 is 4.42 Å². The van der Waals surface area contributed by atoms with Crippen molar-refractivity contribution in [2.75, 3.05) is 0 Å². The molecule has 4 heteroatoms. The van der Waals surface area contributed by atoms with Gasteiger partial charge in [-0.05, 0) is 48.2 Å². The first-order valence-corrected chi connectivity index (χ1v) is 14.5. The van der Waals surface area contributed by atoms with Crippen LogP contribution in [-0.4, -0.2) is 15.0 Å². The van der Waals surface area contributed by atoms with Crippen LogP contribution < -0.4 is 0 Å². The summed E-state index contributed by atoms with van der Waals surface area (Å²) in [6, 6.07) is 33.4. The molecular weight excluding hydrogens is 514 g/mol. The van der Waals surface area contributed by atoms with E-state index >= 15 is 0 Å². The Kier molecular flexibility index (Phi) is 5.75. The Balaban J connectivity index is 1.41. The first-order valence-electron chi connectivity index (χ1n) is 14.5. The van der Waals surface area contributed by atoms with Crippen LogP contribution in [0.1, 0.15) is 30.5 Å². The highest BCUT2D eigenvalue weighted by Crippen LogP contribution is 2.51. The molecule has 3 unspecified atom stereocenters. The number of hydrogen-bond donors (Lipinski definition) is 0. The molecule has 202 valence electrons. The fourth-order valence-corrected chi connectivity index (χ4v) is 6.75. The number of nitrogens with zero attached hydrogens (tertiary/aromatic N) is 3. The van der Waals surface area contributed by atoms with Crippen LogP contribution in [0, 0.1) is 11.8 Å². The predicted octanol–water partition coefficient (Wildman–Crippen LogP) is 9.19. The third-order valence-corrected chi connectivity index (χ3v) is 8.88. The van der Waals surface area contributed by atoms with Crippen LogP contribution >= 0.6 is 0 Å². The zero-order valence-electron chi connectivity index (χ0n) is 23.3. The molecule has 0 fully saturated rings. The summed E-state index contributed by atoms with van der Waals surface area (Å²) >= 11 is 0. The lowest BCUT2D eigenvalue weighted by molar-refractivity contribution is 0.310.